The van der Waals surface area contributed by atoms with Gasteiger partial charge in [0.2, 0.25) is 5.91 Å². The molecule has 0 bridgehead atoms. The molecule has 2 heterocycles. The summed E-state index contributed by atoms with van der Waals surface area (Å²) in [5, 5.41) is 15.2. The van der Waals surface area contributed by atoms with Crippen LogP contribution in [-0.2, 0) is 9.59 Å². The maximum Gasteiger partial charge on any atom is 0.305 e. The van der Waals surface area contributed by atoms with Crippen LogP contribution in [0.3, 0.4) is 0 Å². The minimum absolute atomic E-state index is 0.109. The number of nitrogens with one attached hydrogen (secondary N) is 2. The lowest BCUT2D eigenvalue weighted by Crippen LogP contribution is -2.68. The molecule has 0 saturated carbocycles. The van der Waals surface area contributed by atoms with Crippen molar-refractivity contribution in [1.29, 1.82) is 0 Å². The number of carbonyl (C=O) groups excluding carboxylic acids is 1. The van der Waals surface area contributed by atoms with E-state index >= 15 is 0 Å². The van der Waals surface area contributed by atoms with Crippen molar-refractivity contribution in [2.24, 2.45) is 0 Å². The highest BCUT2D eigenvalue weighted by molar-refractivity contribution is 5.76. The van der Waals surface area contributed by atoms with Gasteiger partial charge in [0.05, 0.1) is 12.0 Å². The maximum atomic E-state index is 12.0. The number of amides is 1. The smallest absolute Gasteiger partial charge is 0.305 e. The molecule has 2 saturated heterocycles. The summed E-state index contributed by atoms with van der Waals surface area (Å²) in [5.74, 6) is -0.610. The number of aliphatic carboxylic acids is 1. The van der Waals surface area contributed by atoms with E-state index in [2.05, 4.69) is 10.6 Å². The fraction of sp³-hybridized carbons (Fsp3) is 0.846. The summed E-state index contributed by atoms with van der Waals surface area (Å²) >= 11 is 0. The average molecular weight is 269 g/mol. The second-order valence-corrected chi connectivity index (χ2v) is 5.57. The molecule has 2 rings (SSSR count). The molecule has 0 aromatic carbocycles. The third-order valence-electron chi connectivity index (χ3n) is 3.96. The van der Waals surface area contributed by atoms with Crippen LogP contribution >= 0.6 is 0 Å². The van der Waals surface area contributed by atoms with Crippen molar-refractivity contribution in [2.75, 3.05) is 32.7 Å². The molecule has 0 atom stereocenters. The van der Waals surface area contributed by atoms with E-state index in [4.69, 9.17) is 5.11 Å². The molecule has 6 heteroatoms. The van der Waals surface area contributed by atoms with E-state index in [0.29, 0.717) is 26.1 Å². The van der Waals surface area contributed by atoms with Crippen molar-refractivity contribution in [3.8, 4) is 0 Å². The zero-order chi connectivity index (χ0) is 13.7. The number of nitrogens with zero attached hydrogens (tertiary/aromatic N) is 1. The summed E-state index contributed by atoms with van der Waals surface area (Å²) in [6.45, 7) is 3.64. The molecule has 2 aliphatic heterocycles. The molecule has 0 aliphatic carbocycles. The van der Waals surface area contributed by atoms with Crippen molar-refractivity contribution < 1.29 is 14.7 Å². The largest absolute Gasteiger partial charge is 0.481 e. The zero-order valence-electron chi connectivity index (χ0n) is 11.3. The van der Waals surface area contributed by atoms with Crippen LogP contribution in [0.2, 0.25) is 0 Å². The summed E-state index contributed by atoms with van der Waals surface area (Å²) in [4.78, 5) is 24.7. The van der Waals surface area contributed by atoms with Crippen LogP contribution in [0, 0.1) is 0 Å². The van der Waals surface area contributed by atoms with Crippen LogP contribution in [0.5, 0.6) is 0 Å². The Bertz CT molecular complexity index is 336. The number of hydrogen-bond donors (Lipinski definition) is 3. The first kappa shape index (κ1) is 14.3. The molecule has 0 aromatic rings. The van der Waals surface area contributed by atoms with Crippen molar-refractivity contribution in [2.45, 2.75) is 37.6 Å². The Balaban J connectivity index is 1.70. The number of carboxylic acid groups (broad SMARTS) is 1. The topological polar surface area (TPSA) is 81.7 Å². The first-order chi connectivity index (χ1) is 9.11. The fourth-order valence-electron chi connectivity index (χ4n) is 2.76. The van der Waals surface area contributed by atoms with Crippen LogP contribution in [0.1, 0.15) is 32.1 Å². The number of carbonyl (C=O) groups is 2. The highest BCUT2D eigenvalue weighted by Crippen LogP contribution is 2.16. The second-order valence-electron chi connectivity index (χ2n) is 5.57. The van der Waals surface area contributed by atoms with Gasteiger partial charge in [-0.15, -0.1) is 0 Å². The standard InChI is InChI=1S/C13H23N3O3/c17-11(16-6-2-1-3-7-16)4-5-15-13(8-12(18)19)9-14-10-13/h14-15H,1-10H2,(H,18,19). The molecule has 0 aromatic heterocycles. The Hall–Kier alpha value is -1.14. The van der Waals surface area contributed by atoms with Gasteiger partial charge in [-0.1, -0.05) is 0 Å². The van der Waals surface area contributed by atoms with E-state index in [0.717, 1.165) is 25.9 Å². The van der Waals surface area contributed by atoms with Crippen LogP contribution in [0.4, 0.5) is 0 Å². The van der Waals surface area contributed by atoms with Gasteiger partial charge in [0, 0.05) is 39.1 Å². The van der Waals surface area contributed by atoms with Gasteiger partial charge in [0.25, 0.3) is 0 Å². The van der Waals surface area contributed by atoms with Crippen LogP contribution in [0.15, 0.2) is 0 Å². The van der Waals surface area contributed by atoms with E-state index in [-0.39, 0.29) is 17.9 Å². The van der Waals surface area contributed by atoms with Gasteiger partial charge in [0.15, 0.2) is 0 Å². The zero-order valence-corrected chi connectivity index (χ0v) is 11.3. The highest BCUT2D eigenvalue weighted by atomic mass is 16.4. The number of piperidine rings is 1. The molecule has 1 amide bonds. The molecule has 2 aliphatic rings. The molecular weight excluding hydrogens is 246 g/mol. The third-order valence-corrected chi connectivity index (χ3v) is 3.96. The minimum atomic E-state index is -0.795. The van der Waals surface area contributed by atoms with Gasteiger partial charge in [-0.3, -0.25) is 9.59 Å². The van der Waals surface area contributed by atoms with Crippen molar-refractivity contribution in [3.05, 3.63) is 0 Å². The van der Waals surface area contributed by atoms with Crippen molar-refractivity contribution in [3.63, 3.8) is 0 Å². The van der Waals surface area contributed by atoms with Crippen molar-refractivity contribution in [1.82, 2.24) is 15.5 Å². The van der Waals surface area contributed by atoms with E-state index in [1.807, 2.05) is 4.90 Å². The third kappa shape index (κ3) is 3.91. The predicted octanol–water partition coefficient (Wildman–Crippen LogP) is -0.205. The molecule has 108 valence electrons. The minimum Gasteiger partial charge on any atom is -0.481 e. The van der Waals surface area contributed by atoms with Gasteiger partial charge < -0.3 is 20.6 Å². The second kappa shape index (κ2) is 6.34. The van der Waals surface area contributed by atoms with Crippen LogP contribution in [0.25, 0.3) is 0 Å². The van der Waals surface area contributed by atoms with Crippen LogP contribution < -0.4 is 10.6 Å². The average Bonchev–Trinajstić information content (AvgIpc) is 2.36. The summed E-state index contributed by atoms with van der Waals surface area (Å²) in [6.07, 6.45) is 3.99. The summed E-state index contributed by atoms with van der Waals surface area (Å²) in [5.41, 5.74) is -0.353. The molecular formula is C13H23N3O3. The highest BCUT2D eigenvalue weighted by Gasteiger charge is 2.38. The lowest BCUT2D eigenvalue weighted by molar-refractivity contribution is -0.139. The summed E-state index contributed by atoms with van der Waals surface area (Å²) < 4.78 is 0. The Morgan fingerprint density at radius 1 is 1.21 bits per heavy atom. The normalized spacial score (nSPS) is 21.8. The number of hydrogen-bond acceptors (Lipinski definition) is 4. The number of rotatable bonds is 6. The van der Waals surface area contributed by atoms with Gasteiger partial charge in [-0.25, -0.2) is 0 Å². The Labute approximate surface area is 113 Å². The SMILES string of the molecule is O=C(O)CC1(NCCC(=O)N2CCCCC2)CNC1. The molecule has 2 fully saturated rings. The lowest BCUT2D eigenvalue weighted by Gasteiger charge is -2.42. The maximum absolute atomic E-state index is 12.0. The number of likely N-dealkylation sites (tertiary alicyclic amines) is 1. The van der Waals surface area contributed by atoms with E-state index in [1.54, 1.807) is 0 Å². The van der Waals surface area contributed by atoms with Gasteiger partial charge in [-0.05, 0) is 19.3 Å². The summed E-state index contributed by atoms with van der Waals surface area (Å²) in [6, 6.07) is 0. The molecule has 0 spiro atoms. The predicted molar refractivity (Wildman–Crippen MR) is 70.9 cm³/mol. The van der Waals surface area contributed by atoms with Gasteiger partial charge >= 0.3 is 5.97 Å². The lowest BCUT2D eigenvalue weighted by atomic mass is 9.88. The first-order valence-corrected chi connectivity index (χ1v) is 7.07. The van der Waals surface area contributed by atoms with Gasteiger partial charge in [-0.2, -0.15) is 0 Å². The van der Waals surface area contributed by atoms with E-state index in [1.165, 1.54) is 6.42 Å². The van der Waals surface area contributed by atoms with E-state index in [9.17, 15) is 9.59 Å². The molecule has 3 N–H and O–H groups in total. The monoisotopic (exact) mass is 269 g/mol. The molecule has 19 heavy (non-hydrogen) atoms. The quantitative estimate of drug-likeness (QED) is 0.622. The molecule has 0 radical (unpaired) electrons. The van der Waals surface area contributed by atoms with Crippen molar-refractivity contribution >= 4 is 11.9 Å². The van der Waals surface area contributed by atoms with E-state index < -0.39 is 5.97 Å². The first-order valence-electron chi connectivity index (χ1n) is 7.07. The fourth-order valence-corrected chi connectivity index (χ4v) is 2.76. The number of carboxylic acids is 1. The Morgan fingerprint density at radius 2 is 1.89 bits per heavy atom. The molecule has 6 nitrogen and oxygen atoms in total. The van der Waals surface area contributed by atoms with Gasteiger partial charge in [0.1, 0.15) is 0 Å². The Kier molecular flexibility index (Phi) is 4.76. The summed E-state index contributed by atoms with van der Waals surface area (Å²) in [7, 11) is 0. The Morgan fingerprint density at radius 3 is 2.42 bits per heavy atom. The van der Waals surface area contributed by atoms with Crippen LogP contribution in [-0.4, -0.2) is 60.1 Å². The molecule has 0 unspecified atom stereocenters.